The topological polar surface area (TPSA) is 94.8 Å². The van der Waals surface area contributed by atoms with Gasteiger partial charge in [0.2, 0.25) is 10.0 Å². The Balaban J connectivity index is 2.62. The maximum atomic E-state index is 11.1. The molecule has 0 saturated carbocycles. The van der Waals surface area contributed by atoms with Crippen LogP contribution < -0.4 is 10.4 Å². The molecule has 0 aliphatic heterocycles. The van der Waals surface area contributed by atoms with Crippen LogP contribution in [0.4, 0.5) is 5.69 Å². The van der Waals surface area contributed by atoms with E-state index < -0.39 is 10.0 Å². The molecular formula is C8H8BrN3O3S. The average molecular weight is 306 g/mol. The molecule has 2 rings (SSSR count). The molecule has 0 saturated heterocycles. The van der Waals surface area contributed by atoms with E-state index >= 15 is 0 Å². The first-order valence-electron chi connectivity index (χ1n) is 4.24. The lowest BCUT2D eigenvalue weighted by molar-refractivity contribution is 0.607. The van der Waals surface area contributed by atoms with E-state index in [1.54, 1.807) is 12.1 Å². The van der Waals surface area contributed by atoms with Gasteiger partial charge in [0.15, 0.2) is 0 Å². The normalized spacial score (nSPS) is 11.9. The second-order valence-corrected chi connectivity index (χ2v) is 5.93. The second-order valence-electron chi connectivity index (χ2n) is 3.33. The third-order valence-electron chi connectivity index (χ3n) is 1.90. The molecule has 3 N–H and O–H groups in total. The van der Waals surface area contributed by atoms with Crippen molar-refractivity contribution in [1.82, 2.24) is 9.97 Å². The Morgan fingerprint density at radius 2 is 1.81 bits per heavy atom. The molecule has 1 aromatic heterocycles. The predicted molar refractivity (Wildman–Crippen MR) is 65.1 cm³/mol. The lowest BCUT2D eigenvalue weighted by Crippen LogP contribution is -2.09. The van der Waals surface area contributed by atoms with Crippen molar-refractivity contribution in [2.24, 2.45) is 0 Å². The van der Waals surface area contributed by atoms with Crippen LogP contribution in [0.5, 0.6) is 0 Å². The van der Waals surface area contributed by atoms with Gasteiger partial charge in [0.1, 0.15) is 0 Å². The van der Waals surface area contributed by atoms with Gasteiger partial charge < -0.3 is 9.97 Å². The number of benzene rings is 1. The third kappa shape index (κ3) is 2.27. The van der Waals surface area contributed by atoms with Crippen molar-refractivity contribution < 1.29 is 8.42 Å². The Morgan fingerprint density at radius 1 is 1.25 bits per heavy atom. The molecule has 0 aliphatic carbocycles. The molecule has 8 heteroatoms. The van der Waals surface area contributed by atoms with Crippen LogP contribution in [0.15, 0.2) is 21.4 Å². The van der Waals surface area contributed by atoms with Gasteiger partial charge in [-0.05, 0) is 28.1 Å². The van der Waals surface area contributed by atoms with Gasteiger partial charge in [0.25, 0.3) is 0 Å². The summed E-state index contributed by atoms with van der Waals surface area (Å²) in [7, 11) is -3.34. The van der Waals surface area contributed by atoms with E-state index in [4.69, 9.17) is 0 Å². The highest BCUT2D eigenvalue weighted by Gasteiger charge is 2.08. The van der Waals surface area contributed by atoms with Crippen molar-refractivity contribution in [2.45, 2.75) is 0 Å². The predicted octanol–water partition coefficient (Wildman–Crippen LogP) is 0.990. The Kier molecular flexibility index (Phi) is 2.55. The van der Waals surface area contributed by atoms with Crippen molar-refractivity contribution in [3.63, 3.8) is 0 Å². The fourth-order valence-corrected chi connectivity index (χ4v) is 2.48. The quantitative estimate of drug-likeness (QED) is 0.772. The Labute approximate surface area is 99.2 Å². The van der Waals surface area contributed by atoms with Gasteiger partial charge in [-0.25, -0.2) is 13.2 Å². The van der Waals surface area contributed by atoms with Crippen LogP contribution >= 0.6 is 15.9 Å². The number of nitrogens with one attached hydrogen (secondary N) is 3. The van der Waals surface area contributed by atoms with Gasteiger partial charge in [0, 0.05) is 4.47 Å². The summed E-state index contributed by atoms with van der Waals surface area (Å²) in [4.78, 5) is 16.1. The number of H-pyrrole nitrogens is 2. The number of aromatic nitrogens is 2. The summed E-state index contributed by atoms with van der Waals surface area (Å²) in [6.07, 6.45) is 1.06. The number of halogens is 1. The summed E-state index contributed by atoms with van der Waals surface area (Å²) in [5, 5.41) is 0. The van der Waals surface area contributed by atoms with Crippen LogP contribution in [0.25, 0.3) is 11.0 Å². The van der Waals surface area contributed by atoms with Gasteiger partial charge >= 0.3 is 5.69 Å². The highest BCUT2D eigenvalue weighted by molar-refractivity contribution is 9.10. The molecule has 0 aliphatic rings. The van der Waals surface area contributed by atoms with Crippen LogP contribution in [0.1, 0.15) is 0 Å². The third-order valence-corrected chi connectivity index (χ3v) is 3.15. The molecule has 0 amide bonds. The van der Waals surface area contributed by atoms with Gasteiger partial charge in [-0.3, -0.25) is 4.72 Å². The number of sulfonamides is 1. The van der Waals surface area contributed by atoms with E-state index in [-0.39, 0.29) is 5.69 Å². The fraction of sp³-hybridized carbons (Fsp3) is 0.125. The standard InChI is InChI=1S/C8H8BrN3O3S/c1-16(14,15)12-5-3-7-6(2-4(5)9)10-8(13)11-7/h2-3,12H,1H3,(H2,10,11,13). The smallest absolute Gasteiger partial charge is 0.306 e. The van der Waals surface area contributed by atoms with Crippen LogP contribution in [0.3, 0.4) is 0 Å². The van der Waals surface area contributed by atoms with Crippen LogP contribution in [-0.4, -0.2) is 24.6 Å². The van der Waals surface area contributed by atoms with E-state index in [9.17, 15) is 13.2 Å². The molecule has 1 heterocycles. The zero-order valence-electron chi connectivity index (χ0n) is 8.17. The molecule has 0 atom stereocenters. The van der Waals surface area contributed by atoms with Crippen LogP contribution in [0.2, 0.25) is 0 Å². The molecule has 0 unspecified atom stereocenters. The summed E-state index contributed by atoms with van der Waals surface area (Å²) in [6, 6.07) is 3.17. The number of anilines is 1. The molecular weight excluding hydrogens is 298 g/mol. The summed E-state index contributed by atoms with van der Waals surface area (Å²) in [5.41, 5.74) is 1.19. The zero-order valence-corrected chi connectivity index (χ0v) is 10.6. The Hall–Kier alpha value is -1.28. The average Bonchev–Trinajstić information content (AvgIpc) is 2.42. The number of fused-ring (bicyclic) bond motifs is 1. The monoisotopic (exact) mass is 305 g/mol. The molecule has 0 spiro atoms. The number of hydrogen-bond acceptors (Lipinski definition) is 3. The summed E-state index contributed by atoms with van der Waals surface area (Å²) in [5.74, 6) is 0. The summed E-state index contributed by atoms with van der Waals surface area (Å²) < 4.78 is 25.1. The van der Waals surface area contributed by atoms with Crippen molar-refractivity contribution in [1.29, 1.82) is 0 Å². The van der Waals surface area contributed by atoms with Crippen molar-refractivity contribution in [2.75, 3.05) is 11.0 Å². The van der Waals surface area contributed by atoms with Crippen LogP contribution in [-0.2, 0) is 10.0 Å². The van der Waals surface area contributed by atoms with Crippen molar-refractivity contribution in [3.05, 3.63) is 27.1 Å². The molecule has 1 aromatic carbocycles. The molecule has 0 radical (unpaired) electrons. The largest absolute Gasteiger partial charge is 0.323 e. The lowest BCUT2D eigenvalue weighted by atomic mass is 10.3. The molecule has 16 heavy (non-hydrogen) atoms. The van der Waals surface area contributed by atoms with Crippen LogP contribution in [0, 0.1) is 0 Å². The Bertz CT molecular complexity index is 701. The first kappa shape index (κ1) is 11.2. The fourth-order valence-electron chi connectivity index (χ4n) is 1.33. The molecule has 6 nitrogen and oxygen atoms in total. The Morgan fingerprint density at radius 3 is 2.38 bits per heavy atom. The van der Waals surface area contributed by atoms with Crippen molar-refractivity contribution >= 4 is 42.7 Å². The number of hydrogen-bond donors (Lipinski definition) is 3. The maximum Gasteiger partial charge on any atom is 0.323 e. The van der Waals surface area contributed by atoms with Gasteiger partial charge in [0.05, 0.1) is 23.0 Å². The SMILES string of the molecule is CS(=O)(=O)Nc1cc2[nH]c(=O)[nH]c2cc1Br. The van der Waals surface area contributed by atoms with Gasteiger partial charge in [-0.1, -0.05) is 0 Å². The van der Waals surface area contributed by atoms with Gasteiger partial charge in [-0.15, -0.1) is 0 Å². The number of rotatable bonds is 2. The molecule has 0 fully saturated rings. The second kappa shape index (κ2) is 3.63. The maximum absolute atomic E-state index is 11.1. The highest BCUT2D eigenvalue weighted by Crippen LogP contribution is 2.26. The van der Waals surface area contributed by atoms with E-state index in [0.29, 0.717) is 21.2 Å². The molecule has 0 bridgehead atoms. The molecule has 86 valence electrons. The van der Waals surface area contributed by atoms with E-state index in [2.05, 4.69) is 30.6 Å². The minimum Gasteiger partial charge on any atom is -0.306 e. The minimum absolute atomic E-state index is 0.335. The zero-order chi connectivity index (χ0) is 11.9. The summed E-state index contributed by atoms with van der Waals surface area (Å²) >= 11 is 3.22. The van der Waals surface area contributed by atoms with Gasteiger partial charge in [-0.2, -0.15) is 0 Å². The van der Waals surface area contributed by atoms with Crippen molar-refractivity contribution in [3.8, 4) is 0 Å². The summed E-state index contributed by atoms with van der Waals surface area (Å²) in [6.45, 7) is 0. The van der Waals surface area contributed by atoms with E-state index in [1.807, 2.05) is 0 Å². The number of imidazole rings is 1. The number of aromatic amines is 2. The first-order valence-corrected chi connectivity index (χ1v) is 6.93. The van der Waals surface area contributed by atoms with E-state index in [0.717, 1.165) is 6.26 Å². The highest BCUT2D eigenvalue weighted by atomic mass is 79.9. The van der Waals surface area contributed by atoms with E-state index in [1.165, 1.54) is 0 Å². The minimum atomic E-state index is -3.34. The lowest BCUT2D eigenvalue weighted by Gasteiger charge is -2.05. The first-order chi connectivity index (χ1) is 7.35. The molecule has 2 aromatic rings.